The Labute approximate surface area is 171 Å². The molecule has 0 radical (unpaired) electrons. The van der Waals surface area contributed by atoms with E-state index in [2.05, 4.69) is 15.3 Å². The van der Waals surface area contributed by atoms with Crippen LogP contribution in [-0.2, 0) is 19.4 Å². The van der Waals surface area contributed by atoms with Crippen molar-refractivity contribution in [2.45, 2.75) is 19.4 Å². The minimum atomic E-state index is -0.329. The maximum absolute atomic E-state index is 13.4. The first-order chi connectivity index (χ1) is 14.0. The summed E-state index contributed by atoms with van der Waals surface area (Å²) in [5.41, 5.74) is 2.24. The van der Waals surface area contributed by atoms with E-state index in [9.17, 15) is 14.0 Å². The second-order valence-electron chi connectivity index (χ2n) is 6.85. The molecule has 0 saturated carbocycles. The van der Waals surface area contributed by atoms with Crippen molar-refractivity contribution >= 4 is 23.3 Å². The summed E-state index contributed by atoms with van der Waals surface area (Å²) in [5.74, 6) is 0.156. The number of halogens is 2. The molecule has 6 nitrogen and oxygen atoms in total. The van der Waals surface area contributed by atoms with E-state index in [1.165, 1.54) is 12.1 Å². The molecule has 0 fully saturated rings. The Hall–Kier alpha value is -3.19. The number of amides is 2. The Kier molecular flexibility index (Phi) is 5.31. The van der Waals surface area contributed by atoms with Crippen LogP contribution in [0, 0.1) is 5.82 Å². The SMILES string of the molecule is O=C(Nc1ccc(Cl)cc1)N1CCc2nc(Cc3cccc(F)c3)[nH]c(=O)c2C1. The Morgan fingerprint density at radius 3 is 2.79 bits per heavy atom. The fourth-order valence-corrected chi connectivity index (χ4v) is 3.44. The third kappa shape index (κ3) is 4.46. The third-order valence-corrected chi connectivity index (χ3v) is 5.01. The smallest absolute Gasteiger partial charge is 0.320 e. The first kappa shape index (κ1) is 19.1. The fourth-order valence-electron chi connectivity index (χ4n) is 3.31. The number of benzene rings is 2. The van der Waals surface area contributed by atoms with Gasteiger partial charge in [0.15, 0.2) is 0 Å². The number of fused-ring (bicyclic) bond motifs is 1. The average molecular weight is 413 g/mol. The van der Waals surface area contributed by atoms with E-state index in [1.807, 2.05) is 0 Å². The monoisotopic (exact) mass is 412 g/mol. The van der Waals surface area contributed by atoms with E-state index < -0.39 is 0 Å². The lowest BCUT2D eigenvalue weighted by atomic mass is 10.1. The number of H-pyrrole nitrogens is 1. The Bertz CT molecular complexity index is 1110. The predicted molar refractivity (Wildman–Crippen MR) is 109 cm³/mol. The van der Waals surface area contributed by atoms with Gasteiger partial charge in [-0.05, 0) is 42.0 Å². The molecule has 0 saturated heterocycles. The van der Waals surface area contributed by atoms with E-state index in [1.54, 1.807) is 41.3 Å². The largest absolute Gasteiger partial charge is 0.322 e. The first-order valence-electron chi connectivity index (χ1n) is 9.15. The molecule has 0 atom stereocenters. The lowest BCUT2D eigenvalue weighted by Crippen LogP contribution is -2.42. The first-order valence-corrected chi connectivity index (χ1v) is 9.52. The van der Waals surface area contributed by atoms with Crippen molar-refractivity contribution in [2.75, 3.05) is 11.9 Å². The summed E-state index contributed by atoms with van der Waals surface area (Å²) in [6, 6.07) is 12.7. The van der Waals surface area contributed by atoms with Crippen LogP contribution in [0.1, 0.15) is 22.6 Å². The maximum Gasteiger partial charge on any atom is 0.322 e. The molecule has 8 heteroatoms. The van der Waals surface area contributed by atoms with Crippen LogP contribution in [0.15, 0.2) is 53.3 Å². The Balaban J connectivity index is 1.48. The third-order valence-electron chi connectivity index (χ3n) is 4.76. The molecule has 148 valence electrons. The summed E-state index contributed by atoms with van der Waals surface area (Å²) >= 11 is 5.86. The van der Waals surface area contributed by atoms with Crippen molar-refractivity contribution in [2.24, 2.45) is 0 Å². The van der Waals surface area contributed by atoms with Gasteiger partial charge >= 0.3 is 6.03 Å². The lowest BCUT2D eigenvalue weighted by molar-refractivity contribution is 0.205. The predicted octanol–water partition coefficient (Wildman–Crippen LogP) is 3.74. The van der Waals surface area contributed by atoms with Crippen molar-refractivity contribution in [3.8, 4) is 0 Å². The number of urea groups is 1. The van der Waals surface area contributed by atoms with Crippen LogP contribution >= 0.6 is 11.6 Å². The summed E-state index contributed by atoms with van der Waals surface area (Å²) in [7, 11) is 0. The highest BCUT2D eigenvalue weighted by atomic mass is 35.5. The van der Waals surface area contributed by atoms with Gasteiger partial charge in [-0.25, -0.2) is 14.2 Å². The highest BCUT2D eigenvalue weighted by Gasteiger charge is 2.24. The van der Waals surface area contributed by atoms with E-state index in [0.717, 1.165) is 5.56 Å². The Morgan fingerprint density at radius 1 is 1.24 bits per heavy atom. The number of nitrogens with one attached hydrogen (secondary N) is 2. The van der Waals surface area contributed by atoms with E-state index in [4.69, 9.17) is 11.6 Å². The number of hydrogen-bond donors (Lipinski definition) is 2. The number of hydrogen-bond acceptors (Lipinski definition) is 3. The number of rotatable bonds is 3. The van der Waals surface area contributed by atoms with Crippen molar-refractivity contribution in [1.82, 2.24) is 14.9 Å². The molecule has 2 heterocycles. The zero-order chi connectivity index (χ0) is 20.4. The molecule has 1 aliphatic heterocycles. The molecule has 2 aromatic carbocycles. The highest BCUT2D eigenvalue weighted by Crippen LogP contribution is 2.18. The molecule has 1 aromatic heterocycles. The molecule has 4 rings (SSSR count). The molecule has 0 bridgehead atoms. The second kappa shape index (κ2) is 8.05. The summed E-state index contributed by atoms with van der Waals surface area (Å²) < 4.78 is 13.4. The van der Waals surface area contributed by atoms with E-state index in [-0.39, 0.29) is 24.0 Å². The topological polar surface area (TPSA) is 78.1 Å². The number of carbonyl (C=O) groups is 1. The second-order valence-corrected chi connectivity index (χ2v) is 7.29. The fraction of sp³-hybridized carbons (Fsp3) is 0.190. The quantitative estimate of drug-likeness (QED) is 0.687. The average Bonchev–Trinajstić information content (AvgIpc) is 2.69. The number of anilines is 1. The van der Waals surface area contributed by atoms with E-state index in [0.29, 0.717) is 47.2 Å². The number of aromatic amines is 1. The Morgan fingerprint density at radius 2 is 2.03 bits per heavy atom. The number of carbonyl (C=O) groups excluding carboxylic acids is 1. The van der Waals surface area contributed by atoms with Crippen LogP contribution in [0.4, 0.5) is 14.9 Å². The number of nitrogens with zero attached hydrogens (tertiary/aromatic N) is 2. The molecule has 0 unspecified atom stereocenters. The van der Waals surface area contributed by atoms with Gasteiger partial charge in [-0.1, -0.05) is 23.7 Å². The molecule has 0 aliphatic carbocycles. The number of aromatic nitrogens is 2. The van der Waals surface area contributed by atoms with Gasteiger partial charge in [0, 0.05) is 30.1 Å². The van der Waals surface area contributed by atoms with Gasteiger partial charge in [-0.2, -0.15) is 0 Å². The van der Waals surface area contributed by atoms with Crippen LogP contribution in [0.5, 0.6) is 0 Å². The molecular formula is C21H18ClFN4O2. The summed E-state index contributed by atoms with van der Waals surface area (Å²) in [6.07, 6.45) is 0.810. The van der Waals surface area contributed by atoms with Crippen molar-refractivity contribution in [3.05, 3.63) is 92.4 Å². The van der Waals surface area contributed by atoms with E-state index >= 15 is 0 Å². The zero-order valence-corrected chi connectivity index (χ0v) is 16.2. The maximum atomic E-state index is 13.4. The zero-order valence-electron chi connectivity index (χ0n) is 15.4. The van der Waals surface area contributed by atoms with Gasteiger partial charge in [-0.3, -0.25) is 4.79 Å². The van der Waals surface area contributed by atoms with Gasteiger partial charge in [0.25, 0.3) is 5.56 Å². The standard InChI is InChI=1S/C21H18ClFN4O2/c22-14-4-6-16(7-5-14)24-21(29)27-9-8-18-17(12-27)20(28)26-19(25-18)11-13-2-1-3-15(23)10-13/h1-7,10H,8-9,11-12H2,(H,24,29)(H,25,26,28). The van der Waals surface area contributed by atoms with Crippen LogP contribution < -0.4 is 10.9 Å². The van der Waals surface area contributed by atoms with Gasteiger partial charge in [-0.15, -0.1) is 0 Å². The molecule has 2 amide bonds. The molecule has 1 aliphatic rings. The summed E-state index contributed by atoms with van der Waals surface area (Å²) in [5, 5.41) is 3.38. The van der Waals surface area contributed by atoms with Gasteiger partial charge in [0.05, 0.1) is 17.8 Å². The molecule has 3 aromatic rings. The van der Waals surface area contributed by atoms with Crippen LogP contribution in [0.25, 0.3) is 0 Å². The van der Waals surface area contributed by atoms with Crippen LogP contribution in [0.3, 0.4) is 0 Å². The van der Waals surface area contributed by atoms with Gasteiger partial charge in [0.2, 0.25) is 0 Å². The van der Waals surface area contributed by atoms with Gasteiger partial charge < -0.3 is 15.2 Å². The molecular weight excluding hydrogens is 395 g/mol. The highest BCUT2D eigenvalue weighted by molar-refractivity contribution is 6.30. The minimum absolute atomic E-state index is 0.178. The van der Waals surface area contributed by atoms with Crippen LogP contribution in [0.2, 0.25) is 5.02 Å². The summed E-state index contributed by atoms with van der Waals surface area (Å²) in [6.45, 7) is 0.625. The summed E-state index contributed by atoms with van der Waals surface area (Å²) in [4.78, 5) is 34.0. The van der Waals surface area contributed by atoms with Gasteiger partial charge in [0.1, 0.15) is 11.6 Å². The molecule has 29 heavy (non-hydrogen) atoms. The van der Waals surface area contributed by atoms with Crippen molar-refractivity contribution < 1.29 is 9.18 Å². The molecule has 0 spiro atoms. The van der Waals surface area contributed by atoms with Crippen molar-refractivity contribution in [3.63, 3.8) is 0 Å². The lowest BCUT2D eigenvalue weighted by Gasteiger charge is -2.28. The van der Waals surface area contributed by atoms with Crippen molar-refractivity contribution in [1.29, 1.82) is 0 Å². The molecule has 2 N–H and O–H groups in total. The van der Waals surface area contributed by atoms with Crippen LogP contribution in [-0.4, -0.2) is 27.4 Å². The minimum Gasteiger partial charge on any atom is -0.320 e. The normalized spacial score (nSPS) is 13.1.